The van der Waals surface area contributed by atoms with Crippen LogP contribution in [0.1, 0.15) is 22.8 Å². The SMILES string of the molecule is Cc1ccc(C(O)c2cc(F)c(Br)cc2F)cc1Br. The highest BCUT2D eigenvalue weighted by molar-refractivity contribution is 9.10. The van der Waals surface area contributed by atoms with Crippen LogP contribution in [0.5, 0.6) is 0 Å². The first-order chi connectivity index (χ1) is 8.90. The van der Waals surface area contributed by atoms with Crippen molar-refractivity contribution in [2.75, 3.05) is 0 Å². The van der Waals surface area contributed by atoms with E-state index in [-0.39, 0.29) is 10.0 Å². The van der Waals surface area contributed by atoms with Crippen LogP contribution in [-0.2, 0) is 0 Å². The van der Waals surface area contributed by atoms with Crippen LogP contribution in [0.2, 0.25) is 0 Å². The van der Waals surface area contributed by atoms with Crippen molar-refractivity contribution in [2.45, 2.75) is 13.0 Å². The lowest BCUT2D eigenvalue weighted by molar-refractivity contribution is 0.214. The largest absolute Gasteiger partial charge is 0.384 e. The van der Waals surface area contributed by atoms with E-state index in [1.807, 2.05) is 6.92 Å². The van der Waals surface area contributed by atoms with E-state index in [1.165, 1.54) is 0 Å². The first-order valence-corrected chi connectivity index (χ1v) is 7.07. The van der Waals surface area contributed by atoms with Crippen molar-refractivity contribution >= 4 is 31.9 Å². The Morgan fingerprint density at radius 2 is 1.68 bits per heavy atom. The molecule has 19 heavy (non-hydrogen) atoms. The van der Waals surface area contributed by atoms with Gasteiger partial charge in [-0.25, -0.2) is 8.78 Å². The highest BCUT2D eigenvalue weighted by atomic mass is 79.9. The minimum atomic E-state index is -1.21. The smallest absolute Gasteiger partial charge is 0.137 e. The molecule has 2 rings (SSSR count). The van der Waals surface area contributed by atoms with E-state index in [4.69, 9.17) is 0 Å². The van der Waals surface area contributed by atoms with Gasteiger partial charge in [0, 0.05) is 10.0 Å². The Kier molecular flexibility index (Phi) is 4.38. The van der Waals surface area contributed by atoms with E-state index in [9.17, 15) is 13.9 Å². The van der Waals surface area contributed by atoms with E-state index >= 15 is 0 Å². The van der Waals surface area contributed by atoms with Gasteiger partial charge in [0.1, 0.15) is 17.7 Å². The van der Waals surface area contributed by atoms with E-state index in [2.05, 4.69) is 31.9 Å². The Morgan fingerprint density at radius 1 is 1.00 bits per heavy atom. The second-order valence-corrected chi connectivity index (χ2v) is 5.91. The lowest BCUT2D eigenvalue weighted by Crippen LogP contribution is -2.04. The minimum Gasteiger partial charge on any atom is -0.384 e. The third-order valence-electron chi connectivity index (χ3n) is 2.85. The molecular weight excluding hydrogens is 382 g/mol. The fourth-order valence-corrected chi connectivity index (χ4v) is 2.42. The van der Waals surface area contributed by atoms with E-state index in [0.29, 0.717) is 5.56 Å². The summed E-state index contributed by atoms with van der Waals surface area (Å²) < 4.78 is 28.1. The van der Waals surface area contributed by atoms with Crippen LogP contribution in [0, 0.1) is 18.6 Å². The molecule has 0 heterocycles. The molecule has 0 radical (unpaired) electrons. The van der Waals surface area contributed by atoms with Gasteiger partial charge in [-0.05, 0) is 52.2 Å². The number of hydrogen-bond acceptors (Lipinski definition) is 1. The molecule has 100 valence electrons. The van der Waals surface area contributed by atoms with Crippen molar-refractivity contribution in [1.29, 1.82) is 0 Å². The maximum Gasteiger partial charge on any atom is 0.137 e. The van der Waals surface area contributed by atoms with Gasteiger partial charge in [0.25, 0.3) is 0 Å². The average Bonchev–Trinajstić information content (AvgIpc) is 2.36. The topological polar surface area (TPSA) is 20.2 Å². The van der Waals surface area contributed by atoms with Gasteiger partial charge in [-0.1, -0.05) is 28.1 Å². The molecule has 0 fully saturated rings. The third kappa shape index (κ3) is 3.04. The molecule has 0 aromatic heterocycles. The highest BCUT2D eigenvalue weighted by Crippen LogP contribution is 2.30. The molecule has 0 aliphatic heterocycles. The number of benzene rings is 2. The molecule has 0 spiro atoms. The van der Waals surface area contributed by atoms with Gasteiger partial charge < -0.3 is 5.11 Å². The normalized spacial score (nSPS) is 12.5. The number of aryl methyl sites for hydroxylation is 1. The maximum absolute atomic E-state index is 13.8. The molecule has 0 bridgehead atoms. The standard InChI is InChI=1S/C14H10Br2F2O/c1-7-2-3-8(4-10(7)15)14(19)9-5-13(18)11(16)6-12(9)17/h2-6,14,19H,1H3. The van der Waals surface area contributed by atoms with Gasteiger partial charge in [0.15, 0.2) is 0 Å². The average molecular weight is 392 g/mol. The van der Waals surface area contributed by atoms with Gasteiger partial charge in [0.2, 0.25) is 0 Å². The summed E-state index contributed by atoms with van der Waals surface area (Å²) >= 11 is 6.25. The quantitative estimate of drug-likeness (QED) is 0.723. The molecular formula is C14H10Br2F2O. The molecule has 1 unspecified atom stereocenters. The second-order valence-electron chi connectivity index (χ2n) is 4.20. The molecule has 1 N–H and O–H groups in total. The molecule has 0 aliphatic carbocycles. The molecule has 5 heteroatoms. The molecule has 0 aliphatic rings. The summed E-state index contributed by atoms with van der Waals surface area (Å²) in [6.07, 6.45) is -1.21. The summed E-state index contributed by atoms with van der Waals surface area (Å²) in [5.74, 6) is -1.26. The Balaban J connectivity index is 2.46. The molecule has 0 saturated carbocycles. The van der Waals surface area contributed by atoms with Crippen molar-refractivity contribution in [3.05, 3.63) is 67.6 Å². The zero-order valence-electron chi connectivity index (χ0n) is 9.92. The lowest BCUT2D eigenvalue weighted by atomic mass is 10.00. The highest BCUT2D eigenvalue weighted by Gasteiger charge is 2.18. The Morgan fingerprint density at radius 3 is 2.32 bits per heavy atom. The van der Waals surface area contributed by atoms with Gasteiger partial charge in [0.05, 0.1) is 4.47 Å². The van der Waals surface area contributed by atoms with E-state index < -0.39 is 17.7 Å². The van der Waals surface area contributed by atoms with Gasteiger partial charge in [-0.2, -0.15) is 0 Å². The molecule has 1 nitrogen and oxygen atoms in total. The maximum atomic E-state index is 13.8. The minimum absolute atomic E-state index is 0.0334. The van der Waals surface area contributed by atoms with Gasteiger partial charge >= 0.3 is 0 Å². The third-order valence-corrected chi connectivity index (χ3v) is 4.31. The van der Waals surface area contributed by atoms with Crippen LogP contribution in [0.25, 0.3) is 0 Å². The zero-order valence-corrected chi connectivity index (χ0v) is 13.1. The summed E-state index contributed by atoms with van der Waals surface area (Å²) in [5, 5.41) is 10.2. The van der Waals surface area contributed by atoms with E-state index in [1.54, 1.807) is 18.2 Å². The zero-order chi connectivity index (χ0) is 14.2. The number of aliphatic hydroxyl groups excluding tert-OH is 1. The summed E-state index contributed by atoms with van der Waals surface area (Å²) in [6.45, 7) is 1.90. The van der Waals surface area contributed by atoms with Gasteiger partial charge in [-0.15, -0.1) is 0 Å². The van der Waals surface area contributed by atoms with Crippen LogP contribution in [0.4, 0.5) is 8.78 Å². The van der Waals surface area contributed by atoms with Crippen LogP contribution in [-0.4, -0.2) is 5.11 Å². The fourth-order valence-electron chi connectivity index (χ4n) is 1.71. The number of halogens is 4. The number of hydrogen-bond donors (Lipinski definition) is 1. The van der Waals surface area contributed by atoms with Crippen molar-refractivity contribution < 1.29 is 13.9 Å². The molecule has 1 atom stereocenters. The second kappa shape index (κ2) is 5.69. The molecule has 2 aromatic rings. The molecule has 0 saturated heterocycles. The summed E-state index contributed by atoms with van der Waals surface area (Å²) in [5.41, 5.74) is 1.41. The van der Waals surface area contributed by atoms with Crippen molar-refractivity contribution in [3.8, 4) is 0 Å². The molecule has 0 amide bonds. The number of aliphatic hydroxyl groups is 1. The number of rotatable bonds is 2. The van der Waals surface area contributed by atoms with Crippen LogP contribution in [0.3, 0.4) is 0 Å². The summed E-state index contributed by atoms with van der Waals surface area (Å²) in [6, 6.07) is 7.19. The molecule has 2 aromatic carbocycles. The van der Waals surface area contributed by atoms with E-state index in [0.717, 1.165) is 22.2 Å². The predicted octanol–water partition coefficient (Wildman–Crippen LogP) is 4.88. The Bertz CT molecular complexity index is 629. The van der Waals surface area contributed by atoms with Crippen LogP contribution >= 0.6 is 31.9 Å². The Labute approximate surface area is 126 Å². The fraction of sp³-hybridized carbons (Fsp3) is 0.143. The van der Waals surface area contributed by atoms with Crippen LogP contribution in [0.15, 0.2) is 39.3 Å². The summed E-state index contributed by atoms with van der Waals surface area (Å²) in [4.78, 5) is 0. The summed E-state index contributed by atoms with van der Waals surface area (Å²) in [7, 11) is 0. The Hall–Kier alpha value is -0.780. The van der Waals surface area contributed by atoms with Crippen molar-refractivity contribution in [3.63, 3.8) is 0 Å². The first-order valence-electron chi connectivity index (χ1n) is 5.48. The van der Waals surface area contributed by atoms with Gasteiger partial charge in [-0.3, -0.25) is 0 Å². The van der Waals surface area contributed by atoms with Crippen molar-refractivity contribution in [2.24, 2.45) is 0 Å². The monoisotopic (exact) mass is 390 g/mol. The first kappa shape index (κ1) is 14.6. The lowest BCUT2D eigenvalue weighted by Gasteiger charge is -2.14. The van der Waals surface area contributed by atoms with Crippen molar-refractivity contribution in [1.82, 2.24) is 0 Å². The predicted molar refractivity (Wildman–Crippen MR) is 77.0 cm³/mol. The van der Waals surface area contributed by atoms with Crippen LogP contribution < -0.4 is 0 Å².